The van der Waals surface area contributed by atoms with Gasteiger partial charge >= 0.3 is 6.03 Å². The van der Waals surface area contributed by atoms with Gasteiger partial charge in [0.15, 0.2) is 0 Å². The predicted octanol–water partition coefficient (Wildman–Crippen LogP) is 3.42. The fraction of sp³-hybridized carbons (Fsp3) is 0.182. The molecule has 0 aromatic heterocycles. The monoisotopic (exact) mass is 391 g/mol. The molecular formula is C22H21N3O4. The van der Waals surface area contributed by atoms with E-state index in [1.807, 2.05) is 60.7 Å². The van der Waals surface area contributed by atoms with Crippen LogP contribution in [0.1, 0.15) is 12.5 Å². The topological polar surface area (TPSA) is 90.9 Å². The normalized spacial score (nSPS) is 18.6. The van der Waals surface area contributed by atoms with E-state index in [0.29, 0.717) is 12.3 Å². The summed E-state index contributed by atoms with van der Waals surface area (Å²) in [4.78, 5) is 25.4. The van der Waals surface area contributed by atoms with Crippen molar-refractivity contribution in [1.29, 1.82) is 0 Å². The molecule has 1 saturated heterocycles. The van der Waals surface area contributed by atoms with Crippen molar-refractivity contribution in [3.05, 3.63) is 72.3 Å². The predicted molar refractivity (Wildman–Crippen MR) is 108 cm³/mol. The van der Waals surface area contributed by atoms with Gasteiger partial charge in [-0.2, -0.15) is 0 Å². The number of hydrogen-bond acceptors (Lipinski definition) is 4. The van der Waals surface area contributed by atoms with E-state index in [9.17, 15) is 9.59 Å². The third-order valence-corrected chi connectivity index (χ3v) is 5.03. The highest BCUT2D eigenvalue weighted by atomic mass is 16.5. The van der Waals surface area contributed by atoms with Gasteiger partial charge in [-0.25, -0.2) is 10.3 Å². The Balaban J connectivity index is 1.42. The second-order valence-corrected chi connectivity index (χ2v) is 7.31. The van der Waals surface area contributed by atoms with Crippen molar-refractivity contribution in [3.63, 3.8) is 0 Å². The molecule has 148 valence electrons. The lowest BCUT2D eigenvalue weighted by molar-refractivity contribution is -0.134. The standard InChI is InChI=1S/C22H21N3O4/c1-22(20(26)24-28)14-25(21(27)23-22)13-15-6-9-18(10-7-15)29-19-11-8-16-4-2-3-5-17(16)12-19/h2-12,28H,13-14H2,1H3,(H,23,27)(H,24,26)/t22-/m1/s1. The van der Waals surface area contributed by atoms with Crippen molar-refractivity contribution in [2.45, 2.75) is 19.0 Å². The summed E-state index contributed by atoms with van der Waals surface area (Å²) >= 11 is 0. The molecule has 7 heteroatoms. The number of benzene rings is 3. The van der Waals surface area contributed by atoms with Crippen LogP contribution in [0.5, 0.6) is 11.5 Å². The van der Waals surface area contributed by atoms with Crippen LogP contribution in [0.15, 0.2) is 66.7 Å². The summed E-state index contributed by atoms with van der Waals surface area (Å²) in [5.74, 6) is 0.799. The fourth-order valence-electron chi connectivity index (χ4n) is 3.44. The number of nitrogens with one attached hydrogen (secondary N) is 2. The van der Waals surface area contributed by atoms with Crippen LogP contribution < -0.4 is 15.5 Å². The molecule has 3 aromatic carbocycles. The van der Waals surface area contributed by atoms with Crippen LogP contribution in [0.2, 0.25) is 0 Å². The Morgan fingerprint density at radius 3 is 2.52 bits per heavy atom. The zero-order chi connectivity index (χ0) is 20.4. The molecule has 1 heterocycles. The van der Waals surface area contributed by atoms with Gasteiger partial charge in [0.1, 0.15) is 17.0 Å². The number of urea groups is 1. The summed E-state index contributed by atoms with van der Waals surface area (Å²) < 4.78 is 5.94. The number of carbonyl (C=O) groups is 2. The second kappa shape index (κ2) is 7.44. The van der Waals surface area contributed by atoms with Crippen molar-refractivity contribution in [3.8, 4) is 11.5 Å². The number of hydrogen-bond donors (Lipinski definition) is 3. The van der Waals surface area contributed by atoms with Crippen LogP contribution in [-0.2, 0) is 11.3 Å². The lowest BCUT2D eigenvalue weighted by Gasteiger charge is -2.20. The Labute approximate surface area is 167 Å². The maximum absolute atomic E-state index is 12.2. The molecule has 3 amide bonds. The molecule has 3 N–H and O–H groups in total. The molecule has 1 aliphatic heterocycles. The van der Waals surface area contributed by atoms with Gasteiger partial charge in [-0.15, -0.1) is 0 Å². The first-order valence-corrected chi connectivity index (χ1v) is 9.24. The summed E-state index contributed by atoms with van der Waals surface area (Å²) in [5, 5.41) is 13.7. The molecule has 29 heavy (non-hydrogen) atoms. The van der Waals surface area contributed by atoms with Crippen molar-refractivity contribution in [2.24, 2.45) is 0 Å². The molecule has 0 aliphatic carbocycles. The average molecular weight is 391 g/mol. The van der Waals surface area contributed by atoms with Gasteiger partial charge in [-0.05, 0) is 47.5 Å². The minimum Gasteiger partial charge on any atom is -0.457 e. The Morgan fingerprint density at radius 2 is 1.79 bits per heavy atom. The van der Waals surface area contributed by atoms with Crippen LogP contribution in [0, 0.1) is 0 Å². The summed E-state index contributed by atoms with van der Waals surface area (Å²) in [6, 6.07) is 21.1. The van der Waals surface area contributed by atoms with Gasteiger partial charge in [-0.1, -0.05) is 42.5 Å². The SMILES string of the molecule is C[C@]1(C(=O)NO)CN(Cc2ccc(Oc3ccc4ccccc4c3)cc2)C(=O)N1. The Hall–Kier alpha value is -3.58. The summed E-state index contributed by atoms with van der Waals surface area (Å²) in [6.07, 6.45) is 0. The van der Waals surface area contributed by atoms with Crippen molar-refractivity contribution in [2.75, 3.05) is 6.54 Å². The maximum Gasteiger partial charge on any atom is 0.318 e. The second-order valence-electron chi connectivity index (χ2n) is 7.31. The number of ether oxygens (including phenoxy) is 1. The van der Waals surface area contributed by atoms with Crippen molar-refractivity contribution in [1.82, 2.24) is 15.7 Å². The van der Waals surface area contributed by atoms with E-state index in [1.54, 1.807) is 12.4 Å². The molecular weight excluding hydrogens is 370 g/mol. The van der Waals surface area contributed by atoms with Gasteiger partial charge in [0.2, 0.25) is 0 Å². The van der Waals surface area contributed by atoms with Crippen LogP contribution in [0.25, 0.3) is 10.8 Å². The number of fused-ring (bicyclic) bond motifs is 1. The van der Waals surface area contributed by atoms with Crippen LogP contribution >= 0.6 is 0 Å². The molecule has 0 spiro atoms. The maximum atomic E-state index is 12.2. The minimum atomic E-state index is -1.16. The van der Waals surface area contributed by atoms with E-state index in [-0.39, 0.29) is 12.6 Å². The number of carbonyl (C=O) groups excluding carboxylic acids is 2. The van der Waals surface area contributed by atoms with Crippen LogP contribution in [-0.4, -0.2) is 34.1 Å². The lowest BCUT2D eigenvalue weighted by atomic mass is 10.0. The number of rotatable bonds is 5. The number of hydroxylamine groups is 1. The molecule has 3 aromatic rings. The highest BCUT2D eigenvalue weighted by Crippen LogP contribution is 2.26. The molecule has 0 saturated carbocycles. The van der Waals surface area contributed by atoms with E-state index < -0.39 is 11.4 Å². The zero-order valence-corrected chi connectivity index (χ0v) is 15.9. The molecule has 1 fully saturated rings. The van der Waals surface area contributed by atoms with E-state index >= 15 is 0 Å². The third-order valence-electron chi connectivity index (χ3n) is 5.03. The number of nitrogens with zero attached hydrogens (tertiary/aromatic N) is 1. The lowest BCUT2D eigenvalue weighted by Crippen LogP contribution is -2.53. The Bertz CT molecular complexity index is 1070. The molecule has 0 unspecified atom stereocenters. The van der Waals surface area contributed by atoms with Gasteiger partial charge in [0.05, 0.1) is 6.54 Å². The summed E-state index contributed by atoms with van der Waals surface area (Å²) in [5.41, 5.74) is 1.34. The van der Waals surface area contributed by atoms with Crippen LogP contribution in [0.3, 0.4) is 0 Å². The molecule has 1 atom stereocenters. The number of amides is 3. The van der Waals surface area contributed by atoms with Gasteiger partial charge < -0.3 is 15.0 Å². The van der Waals surface area contributed by atoms with Gasteiger partial charge in [-0.3, -0.25) is 10.0 Å². The van der Waals surface area contributed by atoms with E-state index in [2.05, 4.69) is 11.4 Å². The average Bonchev–Trinajstić information content (AvgIpc) is 3.03. The quantitative estimate of drug-likeness (QED) is 0.459. The van der Waals surface area contributed by atoms with E-state index in [1.165, 1.54) is 4.90 Å². The Morgan fingerprint density at radius 1 is 1.10 bits per heavy atom. The van der Waals surface area contributed by atoms with Crippen molar-refractivity contribution >= 4 is 22.7 Å². The van der Waals surface area contributed by atoms with Crippen LogP contribution in [0.4, 0.5) is 4.79 Å². The summed E-state index contributed by atoms with van der Waals surface area (Å²) in [7, 11) is 0. The molecule has 0 bridgehead atoms. The first-order valence-electron chi connectivity index (χ1n) is 9.24. The molecule has 7 nitrogen and oxygen atoms in total. The largest absolute Gasteiger partial charge is 0.457 e. The third kappa shape index (κ3) is 3.86. The smallest absolute Gasteiger partial charge is 0.318 e. The highest BCUT2D eigenvalue weighted by molar-refractivity contribution is 5.93. The molecule has 1 aliphatic rings. The summed E-state index contributed by atoms with van der Waals surface area (Å²) in [6.45, 7) is 2.07. The molecule has 0 radical (unpaired) electrons. The minimum absolute atomic E-state index is 0.160. The van der Waals surface area contributed by atoms with Crippen molar-refractivity contribution < 1.29 is 19.5 Å². The van der Waals surface area contributed by atoms with E-state index in [0.717, 1.165) is 22.1 Å². The zero-order valence-electron chi connectivity index (χ0n) is 15.9. The first kappa shape index (κ1) is 18.8. The van der Waals surface area contributed by atoms with Gasteiger partial charge in [0.25, 0.3) is 5.91 Å². The molecule has 4 rings (SSSR count). The van der Waals surface area contributed by atoms with E-state index in [4.69, 9.17) is 9.94 Å². The van der Waals surface area contributed by atoms with Gasteiger partial charge in [0, 0.05) is 6.54 Å². The highest BCUT2D eigenvalue weighted by Gasteiger charge is 2.44. The first-order chi connectivity index (χ1) is 14.0. The Kier molecular flexibility index (Phi) is 4.82. The fourth-order valence-corrected chi connectivity index (χ4v) is 3.44.